The van der Waals surface area contributed by atoms with Crippen molar-refractivity contribution in [1.29, 1.82) is 0 Å². The molecular formula is C45H27N2OP. The zero-order valence-electron chi connectivity index (χ0n) is 26.3. The van der Waals surface area contributed by atoms with Gasteiger partial charge in [-0.3, -0.25) is 4.40 Å². The van der Waals surface area contributed by atoms with Crippen molar-refractivity contribution in [2.24, 2.45) is 0 Å². The van der Waals surface area contributed by atoms with Crippen LogP contribution in [0.3, 0.4) is 0 Å². The number of hydrogen-bond donors (Lipinski definition) is 0. The van der Waals surface area contributed by atoms with Gasteiger partial charge in [-0.25, -0.2) is 4.98 Å². The molecule has 228 valence electrons. The number of hydrogen-bond acceptors (Lipinski definition) is 2. The lowest BCUT2D eigenvalue weighted by Crippen LogP contribution is -2.27. The van der Waals surface area contributed by atoms with Crippen LogP contribution in [-0.2, 0) is 4.57 Å². The highest BCUT2D eigenvalue weighted by molar-refractivity contribution is 7.86. The van der Waals surface area contributed by atoms with Gasteiger partial charge in [0.1, 0.15) is 5.65 Å². The Morgan fingerprint density at radius 2 is 1.02 bits per heavy atom. The Labute approximate surface area is 281 Å². The van der Waals surface area contributed by atoms with E-state index in [-0.39, 0.29) is 0 Å². The molecule has 0 N–H and O–H groups in total. The Morgan fingerprint density at radius 3 is 1.80 bits per heavy atom. The van der Waals surface area contributed by atoms with E-state index in [2.05, 4.69) is 132 Å². The van der Waals surface area contributed by atoms with Crippen molar-refractivity contribution in [2.75, 3.05) is 0 Å². The van der Waals surface area contributed by atoms with Crippen molar-refractivity contribution in [3.63, 3.8) is 0 Å². The van der Waals surface area contributed by atoms with E-state index in [1.54, 1.807) is 0 Å². The average molecular weight is 643 g/mol. The fraction of sp³-hybridized carbons (Fsp3) is 0. The van der Waals surface area contributed by atoms with Crippen LogP contribution in [-0.4, -0.2) is 9.38 Å². The molecule has 0 amide bonds. The number of para-hydroxylation sites is 3. The second-order valence-corrected chi connectivity index (χ2v) is 15.8. The number of fused-ring (bicyclic) bond motifs is 9. The third kappa shape index (κ3) is 3.58. The molecule has 0 radical (unpaired) electrons. The molecule has 4 heteroatoms. The van der Waals surface area contributed by atoms with Crippen LogP contribution in [0, 0.1) is 0 Å². The summed E-state index contributed by atoms with van der Waals surface area (Å²) in [6.45, 7) is 0. The van der Waals surface area contributed by atoms with Gasteiger partial charge in [0.15, 0.2) is 7.14 Å². The zero-order chi connectivity index (χ0) is 32.3. The highest BCUT2D eigenvalue weighted by Crippen LogP contribution is 2.50. The van der Waals surface area contributed by atoms with Gasteiger partial charge in [0, 0.05) is 26.7 Å². The number of rotatable bonds is 3. The average Bonchev–Trinajstić information content (AvgIpc) is 3.56. The van der Waals surface area contributed by atoms with Gasteiger partial charge in [-0.15, -0.1) is 0 Å². The van der Waals surface area contributed by atoms with Crippen LogP contribution >= 0.6 is 7.14 Å². The minimum Gasteiger partial charge on any atom is -0.309 e. The number of benzene rings is 9. The Bertz CT molecular complexity index is 3130. The Morgan fingerprint density at radius 1 is 0.429 bits per heavy atom. The van der Waals surface area contributed by atoms with E-state index in [0.29, 0.717) is 0 Å². The monoisotopic (exact) mass is 642 g/mol. The van der Waals surface area contributed by atoms with Gasteiger partial charge >= 0.3 is 0 Å². The number of imidazole rings is 1. The molecule has 49 heavy (non-hydrogen) atoms. The van der Waals surface area contributed by atoms with E-state index in [4.69, 9.17) is 4.98 Å². The SMILES string of the molecule is O=P(c1ccccc1)(c1cc2ccc3cccc4ccc(c1)c2c34)c1c2ccccc2cc2c3ccccc3n3c4ccccc4nc3c12. The van der Waals surface area contributed by atoms with Crippen molar-refractivity contribution >= 4 is 105 Å². The molecule has 11 aromatic rings. The van der Waals surface area contributed by atoms with Crippen LogP contribution in [0.25, 0.3) is 81.4 Å². The van der Waals surface area contributed by atoms with Gasteiger partial charge in [0.05, 0.1) is 16.6 Å². The topological polar surface area (TPSA) is 34.4 Å². The molecule has 2 heterocycles. The standard InChI is InChI=1S/C45H27N2OP/c48-49(33-14-2-1-3-15-33,34-25-31-23-21-28-12-10-13-29-22-24-32(26-34)42(31)41(28)29)44-35-16-5-4-11-30(35)27-37-36-17-6-8-19-39(36)47-40-20-9-7-18-38(40)46-45(47)43(37)44/h1-27H. The predicted molar refractivity (Wildman–Crippen MR) is 208 cm³/mol. The van der Waals surface area contributed by atoms with Gasteiger partial charge in [-0.05, 0) is 84.9 Å². The molecule has 2 aromatic heterocycles. The van der Waals surface area contributed by atoms with Gasteiger partial charge in [0.2, 0.25) is 0 Å². The first-order valence-corrected chi connectivity index (χ1v) is 18.4. The van der Waals surface area contributed by atoms with Gasteiger partial charge in [0.25, 0.3) is 0 Å². The van der Waals surface area contributed by atoms with E-state index in [0.717, 1.165) is 75.8 Å². The molecule has 0 spiro atoms. The van der Waals surface area contributed by atoms with Crippen LogP contribution in [0.5, 0.6) is 0 Å². The molecule has 0 aliphatic heterocycles. The lowest BCUT2D eigenvalue weighted by Gasteiger charge is -2.25. The van der Waals surface area contributed by atoms with Gasteiger partial charge in [-0.1, -0.05) is 127 Å². The lowest BCUT2D eigenvalue weighted by atomic mass is 9.94. The molecule has 0 saturated heterocycles. The summed E-state index contributed by atoms with van der Waals surface area (Å²) in [6.07, 6.45) is 0. The molecule has 1 atom stereocenters. The molecule has 0 aliphatic carbocycles. The van der Waals surface area contributed by atoms with Crippen LogP contribution in [0.15, 0.2) is 164 Å². The molecule has 3 nitrogen and oxygen atoms in total. The highest BCUT2D eigenvalue weighted by atomic mass is 31.2. The summed E-state index contributed by atoms with van der Waals surface area (Å²) >= 11 is 0. The number of nitrogens with zero attached hydrogens (tertiary/aromatic N) is 2. The fourth-order valence-electron chi connectivity index (χ4n) is 8.39. The van der Waals surface area contributed by atoms with Crippen LogP contribution < -0.4 is 15.9 Å². The summed E-state index contributed by atoms with van der Waals surface area (Å²) in [5.74, 6) is 0. The van der Waals surface area contributed by atoms with Gasteiger partial charge < -0.3 is 4.57 Å². The fourth-order valence-corrected chi connectivity index (χ4v) is 11.5. The largest absolute Gasteiger partial charge is 0.309 e. The Balaban J connectivity index is 1.39. The number of aromatic nitrogens is 2. The molecule has 0 fully saturated rings. The van der Waals surface area contributed by atoms with Crippen molar-refractivity contribution < 1.29 is 4.57 Å². The smallest absolute Gasteiger partial charge is 0.172 e. The second kappa shape index (κ2) is 9.76. The molecule has 0 bridgehead atoms. The quantitative estimate of drug-likeness (QED) is 0.109. The summed E-state index contributed by atoms with van der Waals surface area (Å²) < 4.78 is 19.2. The molecule has 1 unspecified atom stereocenters. The van der Waals surface area contributed by atoms with E-state index in [9.17, 15) is 0 Å². The first-order valence-electron chi connectivity index (χ1n) is 16.7. The van der Waals surface area contributed by atoms with Crippen LogP contribution in [0.2, 0.25) is 0 Å². The summed E-state index contributed by atoms with van der Waals surface area (Å²) in [4.78, 5) is 5.32. The molecular weight excluding hydrogens is 615 g/mol. The van der Waals surface area contributed by atoms with Crippen molar-refractivity contribution in [1.82, 2.24) is 9.38 Å². The summed E-state index contributed by atoms with van der Waals surface area (Å²) in [7, 11) is -3.56. The summed E-state index contributed by atoms with van der Waals surface area (Å²) in [5, 5.41) is 14.7. The third-order valence-electron chi connectivity index (χ3n) is 10.5. The number of pyridine rings is 1. The van der Waals surface area contributed by atoms with Crippen molar-refractivity contribution in [2.45, 2.75) is 0 Å². The van der Waals surface area contributed by atoms with Crippen LogP contribution in [0.1, 0.15) is 0 Å². The second-order valence-electron chi connectivity index (χ2n) is 13.1. The summed E-state index contributed by atoms with van der Waals surface area (Å²) in [5.41, 5.74) is 3.85. The Hall–Kier alpha value is -6.02. The molecule has 0 aliphatic rings. The normalized spacial score (nSPS) is 13.6. The van der Waals surface area contributed by atoms with Crippen molar-refractivity contribution in [3.8, 4) is 0 Å². The van der Waals surface area contributed by atoms with E-state index >= 15 is 4.57 Å². The minimum atomic E-state index is -3.56. The maximum absolute atomic E-state index is 17.0. The zero-order valence-corrected chi connectivity index (χ0v) is 27.2. The first kappa shape index (κ1) is 27.0. The maximum Gasteiger partial charge on any atom is 0.172 e. The Kier molecular flexibility index (Phi) is 5.38. The lowest BCUT2D eigenvalue weighted by molar-refractivity contribution is 0.593. The van der Waals surface area contributed by atoms with Crippen LogP contribution in [0.4, 0.5) is 0 Å². The summed E-state index contributed by atoms with van der Waals surface area (Å²) in [6, 6.07) is 57.2. The third-order valence-corrected chi connectivity index (χ3v) is 13.6. The van der Waals surface area contributed by atoms with E-state index in [1.165, 1.54) is 21.5 Å². The first-order chi connectivity index (χ1) is 24.2. The molecule has 11 rings (SSSR count). The van der Waals surface area contributed by atoms with Crippen molar-refractivity contribution in [3.05, 3.63) is 164 Å². The minimum absolute atomic E-state index is 0.808. The molecule has 9 aromatic carbocycles. The van der Waals surface area contributed by atoms with E-state index in [1.807, 2.05) is 36.4 Å². The predicted octanol–water partition coefficient (Wildman–Crippen LogP) is 10.5. The molecule has 0 saturated carbocycles. The highest BCUT2D eigenvalue weighted by Gasteiger charge is 2.36. The van der Waals surface area contributed by atoms with E-state index < -0.39 is 7.14 Å². The maximum atomic E-state index is 17.0. The van der Waals surface area contributed by atoms with Gasteiger partial charge in [-0.2, -0.15) is 0 Å².